The number of aromatic hydroxyl groups is 1. The summed E-state index contributed by atoms with van der Waals surface area (Å²) in [6.45, 7) is 2.73. The van der Waals surface area contributed by atoms with Crippen LogP contribution in [0.25, 0.3) is 0 Å². The molecule has 0 spiro atoms. The van der Waals surface area contributed by atoms with E-state index < -0.39 is 6.10 Å². The first-order chi connectivity index (χ1) is 7.20. The van der Waals surface area contributed by atoms with Gasteiger partial charge in [0, 0.05) is 6.54 Å². The van der Waals surface area contributed by atoms with E-state index in [1.165, 1.54) is 6.07 Å². The first-order valence-electron chi connectivity index (χ1n) is 4.98. The van der Waals surface area contributed by atoms with Gasteiger partial charge in [-0.2, -0.15) is 0 Å². The van der Waals surface area contributed by atoms with Gasteiger partial charge < -0.3 is 20.3 Å². The maximum atomic E-state index is 9.81. The number of hydrogen-bond donors (Lipinski definition) is 3. The van der Waals surface area contributed by atoms with Crippen molar-refractivity contribution in [1.82, 2.24) is 5.32 Å². The quantitative estimate of drug-likeness (QED) is 0.681. The second kappa shape index (κ2) is 5.58. The van der Waals surface area contributed by atoms with Crippen LogP contribution >= 0.6 is 0 Å². The predicted molar refractivity (Wildman–Crippen MR) is 58.2 cm³/mol. The highest BCUT2D eigenvalue weighted by molar-refractivity contribution is 5.45. The molecular formula is C11H17NO3. The fraction of sp³-hybridized carbons (Fsp3) is 0.455. The Labute approximate surface area is 89.5 Å². The van der Waals surface area contributed by atoms with Crippen LogP contribution in [0.15, 0.2) is 18.2 Å². The molecule has 0 amide bonds. The molecule has 0 fully saturated rings. The fourth-order valence-corrected chi connectivity index (χ4v) is 1.44. The number of hydrogen-bond acceptors (Lipinski definition) is 4. The van der Waals surface area contributed by atoms with Crippen LogP contribution in [-0.4, -0.2) is 30.4 Å². The predicted octanol–water partition coefficient (Wildman–Crippen LogP) is 1.04. The summed E-state index contributed by atoms with van der Waals surface area (Å²) in [4.78, 5) is 0. The van der Waals surface area contributed by atoms with Gasteiger partial charge in [-0.1, -0.05) is 6.07 Å². The Balaban J connectivity index is 3.00. The average molecular weight is 211 g/mol. The largest absolute Gasteiger partial charge is 0.507 e. The van der Waals surface area contributed by atoms with Crippen molar-refractivity contribution < 1.29 is 14.9 Å². The zero-order valence-electron chi connectivity index (χ0n) is 9.03. The minimum absolute atomic E-state index is 0.0590. The van der Waals surface area contributed by atoms with E-state index in [9.17, 15) is 10.2 Å². The molecule has 0 aliphatic rings. The number of aliphatic hydroxyl groups is 1. The summed E-state index contributed by atoms with van der Waals surface area (Å²) in [7, 11) is 1.74. The van der Waals surface area contributed by atoms with Gasteiger partial charge in [0.2, 0.25) is 0 Å². The van der Waals surface area contributed by atoms with Crippen molar-refractivity contribution in [2.75, 3.05) is 20.2 Å². The fourth-order valence-electron chi connectivity index (χ4n) is 1.44. The first kappa shape index (κ1) is 11.8. The van der Waals surface area contributed by atoms with Crippen molar-refractivity contribution in [2.45, 2.75) is 13.0 Å². The van der Waals surface area contributed by atoms with Gasteiger partial charge in [-0.05, 0) is 26.1 Å². The zero-order valence-corrected chi connectivity index (χ0v) is 9.03. The van der Waals surface area contributed by atoms with Crippen LogP contribution in [0, 0.1) is 0 Å². The van der Waals surface area contributed by atoms with E-state index in [1.54, 1.807) is 19.2 Å². The average Bonchev–Trinajstić information content (AvgIpc) is 2.18. The van der Waals surface area contributed by atoms with E-state index >= 15 is 0 Å². The summed E-state index contributed by atoms with van der Waals surface area (Å²) in [5, 5.41) is 22.3. The summed E-state index contributed by atoms with van der Waals surface area (Å²) in [5.74, 6) is 0.587. The van der Waals surface area contributed by atoms with Crippen molar-refractivity contribution in [1.29, 1.82) is 0 Å². The monoisotopic (exact) mass is 211 g/mol. The third-order valence-corrected chi connectivity index (χ3v) is 2.07. The Morgan fingerprint density at radius 3 is 2.80 bits per heavy atom. The van der Waals surface area contributed by atoms with Crippen LogP contribution in [0.5, 0.6) is 11.5 Å². The van der Waals surface area contributed by atoms with Crippen LogP contribution < -0.4 is 10.1 Å². The van der Waals surface area contributed by atoms with Gasteiger partial charge in [0.05, 0.1) is 18.3 Å². The number of nitrogens with one attached hydrogen (secondary N) is 1. The molecule has 1 unspecified atom stereocenters. The summed E-state index contributed by atoms with van der Waals surface area (Å²) >= 11 is 0. The van der Waals surface area contributed by atoms with Crippen molar-refractivity contribution >= 4 is 0 Å². The molecular weight excluding hydrogens is 194 g/mol. The molecule has 3 N–H and O–H groups in total. The molecule has 4 heteroatoms. The second-order valence-corrected chi connectivity index (χ2v) is 3.20. The molecule has 0 aromatic heterocycles. The number of phenols is 1. The summed E-state index contributed by atoms with van der Waals surface area (Å²) in [6, 6.07) is 4.96. The van der Waals surface area contributed by atoms with Crippen LogP contribution in [0.1, 0.15) is 18.6 Å². The minimum Gasteiger partial charge on any atom is -0.507 e. The highest BCUT2D eigenvalue weighted by Gasteiger charge is 2.16. The maximum absolute atomic E-state index is 9.81. The van der Waals surface area contributed by atoms with E-state index in [2.05, 4.69) is 5.32 Å². The number of likely N-dealkylation sites (N-methyl/N-ethyl adjacent to an activating group) is 1. The number of phenolic OH excluding ortho intramolecular Hbond substituents is 1. The SMILES string of the molecule is CCOc1cccc(O)c1C(O)CNC. The Hall–Kier alpha value is -1.26. The highest BCUT2D eigenvalue weighted by Crippen LogP contribution is 2.32. The number of aliphatic hydroxyl groups excluding tert-OH is 1. The number of rotatable bonds is 5. The molecule has 0 heterocycles. The van der Waals surface area contributed by atoms with E-state index in [0.717, 1.165) is 0 Å². The summed E-state index contributed by atoms with van der Waals surface area (Å²) < 4.78 is 5.34. The Morgan fingerprint density at radius 2 is 2.20 bits per heavy atom. The third kappa shape index (κ3) is 2.84. The van der Waals surface area contributed by atoms with Crippen molar-refractivity contribution in [3.05, 3.63) is 23.8 Å². The van der Waals surface area contributed by atoms with Gasteiger partial charge in [0.25, 0.3) is 0 Å². The molecule has 4 nitrogen and oxygen atoms in total. The molecule has 0 radical (unpaired) electrons. The van der Waals surface area contributed by atoms with E-state index in [-0.39, 0.29) is 5.75 Å². The van der Waals surface area contributed by atoms with Crippen molar-refractivity contribution in [3.63, 3.8) is 0 Å². The van der Waals surface area contributed by atoms with Crippen LogP contribution in [0.3, 0.4) is 0 Å². The summed E-state index contributed by atoms with van der Waals surface area (Å²) in [6.07, 6.45) is -0.766. The Kier molecular flexibility index (Phi) is 4.39. The molecule has 0 saturated carbocycles. The topological polar surface area (TPSA) is 61.7 Å². The Morgan fingerprint density at radius 1 is 1.47 bits per heavy atom. The second-order valence-electron chi connectivity index (χ2n) is 3.20. The van der Waals surface area contributed by atoms with E-state index in [1.807, 2.05) is 6.92 Å². The standard InChI is InChI=1S/C11H17NO3/c1-3-15-10-6-4-5-8(13)11(10)9(14)7-12-2/h4-6,9,12-14H,3,7H2,1-2H3. The van der Waals surface area contributed by atoms with Gasteiger partial charge in [0.1, 0.15) is 11.5 Å². The van der Waals surface area contributed by atoms with Gasteiger partial charge in [-0.15, -0.1) is 0 Å². The van der Waals surface area contributed by atoms with E-state index in [4.69, 9.17) is 4.74 Å². The number of ether oxygens (including phenoxy) is 1. The van der Waals surface area contributed by atoms with Gasteiger partial charge >= 0.3 is 0 Å². The van der Waals surface area contributed by atoms with E-state index in [0.29, 0.717) is 24.5 Å². The van der Waals surface area contributed by atoms with Crippen molar-refractivity contribution in [3.8, 4) is 11.5 Å². The molecule has 1 atom stereocenters. The summed E-state index contributed by atoms with van der Waals surface area (Å²) in [5.41, 5.74) is 0.439. The molecule has 1 aromatic carbocycles. The molecule has 0 bridgehead atoms. The maximum Gasteiger partial charge on any atom is 0.128 e. The van der Waals surface area contributed by atoms with Crippen LogP contribution in [0.4, 0.5) is 0 Å². The van der Waals surface area contributed by atoms with Gasteiger partial charge in [0.15, 0.2) is 0 Å². The third-order valence-electron chi connectivity index (χ3n) is 2.07. The zero-order chi connectivity index (χ0) is 11.3. The lowest BCUT2D eigenvalue weighted by Gasteiger charge is -2.16. The molecule has 1 aromatic rings. The van der Waals surface area contributed by atoms with Gasteiger partial charge in [-0.3, -0.25) is 0 Å². The van der Waals surface area contributed by atoms with Crippen molar-refractivity contribution in [2.24, 2.45) is 0 Å². The molecule has 15 heavy (non-hydrogen) atoms. The highest BCUT2D eigenvalue weighted by atomic mass is 16.5. The molecule has 0 saturated heterocycles. The lowest BCUT2D eigenvalue weighted by molar-refractivity contribution is 0.167. The lowest BCUT2D eigenvalue weighted by atomic mass is 10.1. The smallest absolute Gasteiger partial charge is 0.128 e. The number of benzene rings is 1. The minimum atomic E-state index is -0.766. The molecule has 0 aliphatic carbocycles. The molecule has 84 valence electrons. The normalized spacial score (nSPS) is 12.5. The Bertz CT molecular complexity index is 315. The van der Waals surface area contributed by atoms with Gasteiger partial charge in [-0.25, -0.2) is 0 Å². The van der Waals surface area contributed by atoms with Crippen LogP contribution in [0.2, 0.25) is 0 Å². The molecule has 0 aliphatic heterocycles. The lowest BCUT2D eigenvalue weighted by Crippen LogP contribution is -2.17. The van der Waals surface area contributed by atoms with Crippen LogP contribution in [-0.2, 0) is 0 Å². The molecule has 1 rings (SSSR count). The first-order valence-corrected chi connectivity index (χ1v) is 4.98.